The van der Waals surface area contributed by atoms with Gasteiger partial charge in [-0.15, -0.1) is 0 Å². The third-order valence-corrected chi connectivity index (χ3v) is 7.42. The minimum atomic E-state index is -1.09. The number of hydrogen-bond donors (Lipinski definition) is 2. The van der Waals surface area contributed by atoms with E-state index in [0.717, 1.165) is 17.7 Å². The molecule has 10 nitrogen and oxygen atoms in total. The van der Waals surface area contributed by atoms with Gasteiger partial charge >= 0.3 is 17.8 Å². The largest absolute Gasteiger partial charge is 0.480 e. The van der Waals surface area contributed by atoms with Crippen LogP contribution in [0.2, 0.25) is 5.02 Å². The number of carboxylic acid groups (broad SMARTS) is 1. The molecule has 2 aliphatic carbocycles. The highest BCUT2D eigenvalue weighted by Gasteiger charge is 2.56. The first-order chi connectivity index (χ1) is 17.4. The first-order valence-corrected chi connectivity index (χ1v) is 12.3. The number of aliphatic carboxylic acids is 1. The van der Waals surface area contributed by atoms with Crippen LogP contribution in [0.3, 0.4) is 0 Å². The number of ether oxygens (including phenoxy) is 1. The maximum atomic E-state index is 12.5. The predicted molar refractivity (Wildman–Crippen MR) is 128 cm³/mol. The lowest BCUT2D eigenvalue weighted by molar-refractivity contribution is -0.140. The summed E-state index contributed by atoms with van der Waals surface area (Å²) in [7, 11) is 0. The summed E-state index contributed by atoms with van der Waals surface area (Å²) >= 11 is 7.41. The number of nitrogens with zero attached hydrogens (tertiary/aromatic N) is 3. The Balaban J connectivity index is 1.20. The molecule has 3 aromatic heterocycles. The minimum Gasteiger partial charge on any atom is -0.480 e. The van der Waals surface area contributed by atoms with Gasteiger partial charge in [-0.1, -0.05) is 29.8 Å². The van der Waals surface area contributed by atoms with Gasteiger partial charge in [0.05, 0.1) is 10.6 Å². The van der Waals surface area contributed by atoms with Crippen molar-refractivity contribution in [2.24, 2.45) is 0 Å². The normalized spacial score (nSPS) is 15.8. The molecule has 182 valence electrons. The van der Waals surface area contributed by atoms with Crippen LogP contribution in [0.25, 0.3) is 11.4 Å². The molecule has 0 saturated heterocycles. The Morgan fingerprint density at radius 3 is 2.72 bits per heavy atom. The minimum absolute atomic E-state index is 0.0141. The number of benzene rings is 1. The van der Waals surface area contributed by atoms with Crippen molar-refractivity contribution in [2.45, 2.75) is 43.6 Å². The SMILES string of the molecule is O=C(Nc1c(C#Cc2nc3nc(C4(C(=O)O)CC4)oc3o2)nsc1C1CC1)OCc1ccccc1Cl. The molecule has 0 atom stereocenters. The molecule has 2 N–H and O–H groups in total. The van der Waals surface area contributed by atoms with Gasteiger partial charge in [0, 0.05) is 16.5 Å². The van der Waals surface area contributed by atoms with Gasteiger partial charge in [0.25, 0.3) is 5.89 Å². The molecule has 0 aliphatic heterocycles. The quantitative estimate of drug-likeness (QED) is 0.331. The molecule has 2 aliphatic rings. The fraction of sp³-hybridized carbons (Fsp3) is 0.292. The molecule has 2 fully saturated rings. The maximum absolute atomic E-state index is 12.5. The summed E-state index contributed by atoms with van der Waals surface area (Å²) < 4.78 is 20.7. The van der Waals surface area contributed by atoms with E-state index in [-0.39, 0.29) is 29.8 Å². The zero-order valence-electron chi connectivity index (χ0n) is 18.5. The molecule has 0 spiro atoms. The lowest BCUT2D eigenvalue weighted by Crippen LogP contribution is -2.19. The summed E-state index contributed by atoms with van der Waals surface area (Å²) in [6.45, 7) is 0.0242. The molecule has 6 rings (SSSR count). The molecule has 12 heteroatoms. The Hall–Kier alpha value is -3.88. The Morgan fingerprint density at radius 1 is 1.22 bits per heavy atom. The van der Waals surface area contributed by atoms with E-state index in [1.165, 1.54) is 11.5 Å². The zero-order valence-corrected chi connectivity index (χ0v) is 20.1. The lowest BCUT2D eigenvalue weighted by atomic mass is 10.1. The maximum Gasteiger partial charge on any atom is 0.412 e. The third-order valence-electron chi connectivity index (χ3n) is 6.04. The summed E-state index contributed by atoms with van der Waals surface area (Å²) in [5.74, 6) is 5.15. The summed E-state index contributed by atoms with van der Waals surface area (Å²) in [4.78, 5) is 33.3. The van der Waals surface area contributed by atoms with Crippen LogP contribution < -0.4 is 5.32 Å². The Morgan fingerprint density at radius 2 is 2.03 bits per heavy atom. The monoisotopic (exact) mass is 524 g/mol. The zero-order chi connectivity index (χ0) is 24.9. The van der Waals surface area contributed by atoms with Crippen molar-refractivity contribution < 1.29 is 28.3 Å². The average molecular weight is 525 g/mol. The van der Waals surface area contributed by atoms with Crippen molar-refractivity contribution in [3.05, 3.63) is 57.2 Å². The van der Waals surface area contributed by atoms with Crippen molar-refractivity contribution in [1.29, 1.82) is 0 Å². The Bertz CT molecular complexity index is 1540. The van der Waals surface area contributed by atoms with Crippen molar-refractivity contribution in [3.8, 4) is 11.8 Å². The summed E-state index contributed by atoms with van der Waals surface area (Å²) in [5.41, 5.74) is 0.631. The standard InChI is InChI=1S/C24H17ClN4O6S/c25-14-4-2-1-3-13(14)11-33-23(32)27-17-15(29-36-18(17)12-5-6-12)7-8-16-26-19-20(34-16)35-21(28-19)24(9-10-24)22(30)31/h1-4,12H,5-6,9-11H2,(H,27,32)(H,30,31). The Labute approximate surface area is 212 Å². The van der Waals surface area contributed by atoms with Crippen LogP contribution in [-0.4, -0.2) is 31.5 Å². The first-order valence-electron chi connectivity index (χ1n) is 11.1. The number of nitrogens with one attached hydrogen (secondary N) is 1. The van der Waals surface area contributed by atoms with Gasteiger partial charge in [0.1, 0.15) is 12.0 Å². The second kappa shape index (κ2) is 8.65. The number of oxazole rings is 2. The van der Waals surface area contributed by atoms with Gasteiger partial charge in [0.15, 0.2) is 5.69 Å². The molecule has 0 unspecified atom stereocenters. The van der Waals surface area contributed by atoms with Gasteiger partial charge in [-0.25, -0.2) is 4.79 Å². The van der Waals surface area contributed by atoms with Crippen LogP contribution in [0, 0.1) is 11.8 Å². The van der Waals surface area contributed by atoms with Gasteiger partial charge in [-0.2, -0.15) is 14.3 Å². The highest BCUT2D eigenvalue weighted by Crippen LogP contribution is 2.49. The fourth-order valence-corrected chi connectivity index (χ4v) is 4.83. The molecular weight excluding hydrogens is 508 g/mol. The number of fused-ring (bicyclic) bond motifs is 1. The van der Waals surface area contributed by atoms with Crippen LogP contribution in [0.15, 0.2) is 33.1 Å². The van der Waals surface area contributed by atoms with Crippen molar-refractivity contribution in [1.82, 2.24) is 14.3 Å². The number of amides is 1. The van der Waals surface area contributed by atoms with Gasteiger partial charge in [-0.3, -0.25) is 10.1 Å². The molecule has 1 amide bonds. The van der Waals surface area contributed by atoms with E-state index >= 15 is 0 Å². The highest BCUT2D eigenvalue weighted by atomic mass is 35.5. The second-order valence-electron chi connectivity index (χ2n) is 8.62. The number of hydrogen-bond acceptors (Lipinski definition) is 9. The van der Waals surface area contributed by atoms with E-state index in [1.807, 2.05) is 6.07 Å². The molecule has 3 heterocycles. The topological polar surface area (TPSA) is 141 Å². The van der Waals surface area contributed by atoms with Crippen LogP contribution in [0.1, 0.15) is 59.5 Å². The van der Waals surface area contributed by atoms with Gasteiger partial charge in [0.2, 0.25) is 11.5 Å². The average Bonchev–Trinajstić information content (AvgIpc) is 3.75. The van der Waals surface area contributed by atoms with Crippen LogP contribution in [-0.2, 0) is 21.6 Å². The smallest absolute Gasteiger partial charge is 0.412 e. The summed E-state index contributed by atoms with van der Waals surface area (Å²) in [6, 6.07) is 7.13. The molecular formula is C24H17ClN4O6S. The Kier molecular flexibility index (Phi) is 5.43. The van der Waals surface area contributed by atoms with Crippen molar-refractivity contribution in [2.75, 3.05) is 5.32 Å². The van der Waals surface area contributed by atoms with Crippen LogP contribution >= 0.6 is 23.1 Å². The van der Waals surface area contributed by atoms with E-state index in [2.05, 4.69) is 31.5 Å². The van der Waals surface area contributed by atoms with E-state index in [4.69, 9.17) is 25.2 Å². The molecule has 36 heavy (non-hydrogen) atoms. The number of carbonyl (C=O) groups is 2. The first kappa shape index (κ1) is 22.6. The number of anilines is 1. The highest BCUT2D eigenvalue weighted by molar-refractivity contribution is 7.06. The molecule has 0 radical (unpaired) electrons. The van der Waals surface area contributed by atoms with E-state index in [9.17, 15) is 14.7 Å². The van der Waals surface area contributed by atoms with Crippen LogP contribution in [0.5, 0.6) is 0 Å². The van der Waals surface area contributed by atoms with E-state index in [0.29, 0.717) is 40.7 Å². The molecule has 4 aromatic rings. The number of rotatable bonds is 6. The van der Waals surface area contributed by atoms with E-state index < -0.39 is 17.5 Å². The lowest BCUT2D eigenvalue weighted by Gasteiger charge is -2.08. The third kappa shape index (κ3) is 4.19. The second-order valence-corrected chi connectivity index (χ2v) is 9.84. The molecule has 2 saturated carbocycles. The number of aromatic nitrogens is 3. The summed E-state index contributed by atoms with van der Waals surface area (Å²) in [6.07, 6.45) is 2.31. The number of carboxylic acids is 1. The molecule has 0 bridgehead atoms. The van der Waals surface area contributed by atoms with Crippen molar-refractivity contribution in [3.63, 3.8) is 0 Å². The predicted octanol–water partition coefficient (Wildman–Crippen LogP) is 5.07. The number of halogens is 1. The van der Waals surface area contributed by atoms with Crippen LogP contribution in [0.4, 0.5) is 10.5 Å². The van der Waals surface area contributed by atoms with E-state index in [1.54, 1.807) is 18.2 Å². The van der Waals surface area contributed by atoms with Crippen molar-refractivity contribution >= 4 is 52.3 Å². The summed E-state index contributed by atoms with van der Waals surface area (Å²) in [5, 5.41) is 12.7. The van der Waals surface area contributed by atoms with Gasteiger partial charge < -0.3 is 18.7 Å². The number of carbonyl (C=O) groups excluding carboxylic acids is 1. The fourth-order valence-electron chi connectivity index (χ4n) is 3.69. The molecule has 1 aromatic carbocycles. The van der Waals surface area contributed by atoms with Gasteiger partial charge in [-0.05, 0) is 55.1 Å².